The highest BCUT2D eigenvalue weighted by Gasteiger charge is 2.20. The quantitative estimate of drug-likeness (QED) is 0.830. The minimum absolute atomic E-state index is 0.169. The van der Waals surface area contributed by atoms with Crippen molar-refractivity contribution in [3.8, 4) is 5.75 Å². The van der Waals surface area contributed by atoms with Crippen molar-refractivity contribution in [3.05, 3.63) is 24.3 Å². The summed E-state index contributed by atoms with van der Waals surface area (Å²) in [5.74, 6) is 0.0476. The molecule has 2 rings (SSSR count). The molecule has 0 saturated carbocycles. The Morgan fingerprint density at radius 3 is 2.70 bits per heavy atom. The van der Waals surface area contributed by atoms with E-state index in [0.29, 0.717) is 37.7 Å². The summed E-state index contributed by atoms with van der Waals surface area (Å²) < 4.78 is 10.3. The van der Waals surface area contributed by atoms with Gasteiger partial charge in [-0.3, -0.25) is 9.59 Å². The van der Waals surface area contributed by atoms with E-state index in [2.05, 4.69) is 5.32 Å². The standard InChI is InChI=1S/C14H18N2O4/c1-19-12-5-3-2-4-11(12)15-13(17)10-14(18)16-6-8-20-9-7-16/h2-5H,6-10H2,1H3,(H,15,17). The van der Waals surface area contributed by atoms with Gasteiger partial charge < -0.3 is 19.7 Å². The highest BCUT2D eigenvalue weighted by Crippen LogP contribution is 2.23. The summed E-state index contributed by atoms with van der Waals surface area (Å²) in [4.78, 5) is 25.5. The number of nitrogens with one attached hydrogen (secondary N) is 1. The van der Waals surface area contributed by atoms with Crippen molar-refractivity contribution in [1.29, 1.82) is 0 Å². The van der Waals surface area contributed by atoms with Crippen LogP contribution in [0.15, 0.2) is 24.3 Å². The van der Waals surface area contributed by atoms with Crippen molar-refractivity contribution in [2.45, 2.75) is 6.42 Å². The summed E-state index contributed by atoms with van der Waals surface area (Å²) in [6.07, 6.45) is -0.169. The molecule has 0 radical (unpaired) electrons. The van der Waals surface area contributed by atoms with Gasteiger partial charge in [-0.15, -0.1) is 0 Å². The molecule has 0 aromatic heterocycles. The van der Waals surface area contributed by atoms with Crippen LogP contribution >= 0.6 is 0 Å². The summed E-state index contributed by atoms with van der Waals surface area (Å²) in [5, 5.41) is 2.69. The number of hydrogen-bond acceptors (Lipinski definition) is 4. The van der Waals surface area contributed by atoms with E-state index in [-0.39, 0.29) is 18.2 Å². The SMILES string of the molecule is COc1ccccc1NC(=O)CC(=O)N1CCOCC1. The Balaban J connectivity index is 1.90. The van der Waals surface area contributed by atoms with Gasteiger partial charge in [0.25, 0.3) is 0 Å². The highest BCUT2D eigenvalue weighted by atomic mass is 16.5. The number of ether oxygens (including phenoxy) is 2. The molecule has 20 heavy (non-hydrogen) atoms. The second-order valence-corrected chi connectivity index (χ2v) is 4.42. The third-order valence-electron chi connectivity index (χ3n) is 3.06. The van der Waals surface area contributed by atoms with Crippen LogP contribution in [0.2, 0.25) is 0 Å². The Kier molecular flexibility index (Phi) is 4.95. The van der Waals surface area contributed by atoms with Crippen LogP contribution in [0.5, 0.6) is 5.75 Å². The van der Waals surface area contributed by atoms with Crippen LogP contribution in [0, 0.1) is 0 Å². The zero-order valence-corrected chi connectivity index (χ0v) is 11.4. The maximum Gasteiger partial charge on any atom is 0.233 e. The molecular formula is C14H18N2O4. The predicted molar refractivity (Wildman–Crippen MR) is 73.6 cm³/mol. The van der Waals surface area contributed by atoms with Gasteiger partial charge in [0.05, 0.1) is 26.0 Å². The first kappa shape index (κ1) is 14.3. The van der Waals surface area contributed by atoms with Gasteiger partial charge in [0.2, 0.25) is 11.8 Å². The molecule has 1 N–H and O–H groups in total. The molecule has 1 aliphatic heterocycles. The molecule has 0 bridgehead atoms. The number of anilines is 1. The zero-order chi connectivity index (χ0) is 14.4. The molecule has 6 heteroatoms. The number of morpholine rings is 1. The van der Waals surface area contributed by atoms with E-state index in [4.69, 9.17) is 9.47 Å². The fraction of sp³-hybridized carbons (Fsp3) is 0.429. The van der Waals surface area contributed by atoms with Gasteiger partial charge in [-0.2, -0.15) is 0 Å². The van der Waals surface area contributed by atoms with E-state index in [1.807, 2.05) is 6.07 Å². The van der Waals surface area contributed by atoms with Gasteiger partial charge in [0.15, 0.2) is 0 Å². The van der Waals surface area contributed by atoms with Crippen molar-refractivity contribution in [3.63, 3.8) is 0 Å². The Bertz CT molecular complexity index is 484. The van der Waals surface area contributed by atoms with E-state index in [1.54, 1.807) is 23.1 Å². The molecule has 108 valence electrons. The van der Waals surface area contributed by atoms with Gasteiger partial charge >= 0.3 is 0 Å². The average molecular weight is 278 g/mol. The Hall–Kier alpha value is -2.08. The lowest BCUT2D eigenvalue weighted by atomic mass is 10.2. The number of benzene rings is 1. The van der Waals surface area contributed by atoms with Crippen molar-refractivity contribution in [1.82, 2.24) is 4.90 Å². The van der Waals surface area contributed by atoms with Gasteiger partial charge in [-0.1, -0.05) is 12.1 Å². The van der Waals surface area contributed by atoms with Crippen molar-refractivity contribution >= 4 is 17.5 Å². The molecule has 0 aliphatic carbocycles. The monoisotopic (exact) mass is 278 g/mol. The largest absolute Gasteiger partial charge is 0.495 e. The minimum Gasteiger partial charge on any atom is -0.495 e. The molecule has 1 saturated heterocycles. The average Bonchev–Trinajstić information content (AvgIpc) is 2.48. The minimum atomic E-state index is -0.342. The lowest BCUT2D eigenvalue weighted by Crippen LogP contribution is -2.41. The molecule has 1 aliphatic rings. The Labute approximate surface area is 117 Å². The van der Waals surface area contributed by atoms with E-state index < -0.39 is 0 Å². The Morgan fingerprint density at radius 1 is 1.30 bits per heavy atom. The molecule has 1 fully saturated rings. The van der Waals surface area contributed by atoms with Crippen molar-refractivity contribution in [2.24, 2.45) is 0 Å². The van der Waals surface area contributed by atoms with Gasteiger partial charge in [0.1, 0.15) is 12.2 Å². The number of rotatable bonds is 4. The van der Waals surface area contributed by atoms with Gasteiger partial charge in [-0.25, -0.2) is 0 Å². The maximum atomic E-state index is 11.9. The summed E-state index contributed by atoms with van der Waals surface area (Å²) >= 11 is 0. The van der Waals surface area contributed by atoms with Crippen LogP contribution in [-0.4, -0.2) is 50.1 Å². The lowest BCUT2D eigenvalue weighted by Gasteiger charge is -2.26. The van der Waals surface area contributed by atoms with Crippen LogP contribution in [-0.2, 0) is 14.3 Å². The number of amides is 2. The number of nitrogens with zero attached hydrogens (tertiary/aromatic N) is 1. The fourth-order valence-electron chi connectivity index (χ4n) is 2.00. The third kappa shape index (κ3) is 3.71. The first-order valence-corrected chi connectivity index (χ1v) is 6.49. The normalized spacial score (nSPS) is 14.8. The number of methoxy groups -OCH3 is 1. The molecule has 0 unspecified atom stereocenters. The predicted octanol–water partition coefficient (Wildman–Crippen LogP) is 0.883. The van der Waals surface area contributed by atoms with Gasteiger partial charge in [-0.05, 0) is 12.1 Å². The molecule has 1 aromatic rings. The first-order chi connectivity index (χ1) is 9.70. The summed E-state index contributed by atoms with van der Waals surface area (Å²) in [6.45, 7) is 2.14. The molecular weight excluding hydrogens is 260 g/mol. The molecule has 0 spiro atoms. The van der Waals surface area contributed by atoms with Crippen LogP contribution < -0.4 is 10.1 Å². The van der Waals surface area contributed by atoms with Crippen molar-refractivity contribution < 1.29 is 19.1 Å². The van der Waals surface area contributed by atoms with Gasteiger partial charge in [0, 0.05) is 13.1 Å². The van der Waals surface area contributed by atoms with E-state index in [9.17, 15) is 9.59 Å². The second-order valence-electron chi connectivity index (χ2n) is 4.42. The van der Waals surface area contributed by atoms with E-state index in [0.717, 1.165) is 0 Å². The number of hydrogen-bond donors (Lipinski definition) is 1. The summed E-state index contributed by atoms with van der Waals surface area (Å²) in [7, 11) is 1.53. The number of carbonyl (C=O) groups is 2. The van der Waals surface area contributed by atoms with Crippen LogP contribution in [0.3, 0.4) is 0 Å². The molecule has 1 heterocycles. The molecule has 0 atom stereocenters. The lowest BCUT2D eigenvalue weighted by molar-refractivity contribution is -0.138. The van der Waals surface area contributed by atoms with Crippen molar-refractivity contribution in [2.75, 3.05) is 38.7 Å². The topological polar surface area (TPSA) is 67.9 Å². The van der Waals surface area contributed by atoms with E-state index in [1.165, 1.54) is 7.11 Å². The smallest absolute Gasteiger partial charge is 0.233 e. The van der Waals surface area contributed by atoms with Crippen LogP contribution in [0.1, 0.15) is 6.42 Å². The summed E-state index contributed by atoms with van der Waals surface area (Å²) in [5.41, 5.74) is 0.565. The maximum absolute atomic E-state index is 11.9. The molecule has 6 nitrogen and oxygen atoms in total. The van der Waals surface area contributed by atoms with E-state index >= 15 is 0 Å². The summed E-state index contributed by atoms with van der Waals surface area (Å²) in [6, 6.07) is 7.09. The fourth-order valence-corrected chi connectivity index (χ4v) is 2.00. The number of carbonyl (C=O) groups excluding carboxylic acids is 2. The first-order valence-electron chi connectivity index (χ1n) is 6.49. The highest BCUT2D eigenvalue weighted by molar-refractivity contribution is 6.04. The van der Waals surface area contributed by atoms with Crippen LogP contribution in [0.4, 0.5) is 5.69 Å². The van der Waals surface area contributed by atoms with Crippen LogP contribution in [0.25, 0.3) is 0 Å². The molecule has 1 aromatic carbocycles. The third-order valence-corrected chi connectivity index (χ3v) is 3.06. The number of para-hydroxylation sites is 2. The second kappa shape index (κ2) is 6.91. The zero-order valence-electron chi connectivity index (χ0n) is 11.4. The molecule has 2 amide bonds. The Morgan fingerprint density at radius 2 is 2.00 bits per heavy atom.